The van der Waals surface area contributed by atoms with Crippen LogP contribution in [0.1, 0.15) is 39.5 Å². The van der Waals surface area contributed by atoms with Crippen molar-refractivity contribution in [1.29, 1.82) is 0 Å². The van der Waals surface area contributed by atoms with E-state index in [9.17, 15) is 4.79 Å². The van der Waals surface area contributed by atoms with Crippen LogP contribution in [0, 0.1) is 5.92 Å². The normalized spacial score (nSPS) is 18.2. The number of hydrogen-bond donors (Lipinski definition) is 2. The van der Waals surface area contributed by atoms with E-state index in [1.807, 2.05) is 0 Å². The van der Waals surface area contributed by atoms with Crippen molar-refractivity contribution in [3.05, 3.63) is 0 Å². The van der Waals surface area contributed by atoms with Crippen molar-refractivity contribution in [1.82, 2.24) is 15.5 Å². The Balaban J connectivity index is 1.99. The Kier molecular flexibility index (Phi) is 7.28. The molecule has 1 amide bonds. The number of piperidine rings is 1. The summed E-state index contributed by atoms with van der Waals surface area (Å²) in [5.74, 6) is 0.887. The Morgan fingerprint density at radius 2 is 2.00 bits per heavy atom. The summed E-state index contributed by atoms with van der Waals surface area (Å²) >= 11 is 0. The summed E-state index contributed by atoms with van der Waals surface area (Å²) in [5.41, 5.74) is 0. The van der Waals surface area contributed by atoms with E-state index in [0.717, 1.165) is 19.5 Å². The summed E-state index contributed by atoms with van der Waals surface area (Å²) in [4.78, 5) is 14.0. The number of nitrogens with one attached hydrogen (secondary N) is 2. The van der Waals surface area contributed by atoms with Crippen LogP contribution >= 0.6 is 0 Å². The highest BCUT2D eigenvalue weighted by Gasteiger charge is 2.16. The number of carbonyl (C=O) groups excluding carboxylic acids is 1. The molecule has 0 atom stereocenters. The lowest BCUT2D eigenvalue weighted by Gasteiger charge is -2.28. The zero-order chi connectivity index (χ0) is 13.4. The van der Waals surface area contributed by atoms with E-state index >= 15 is 0 Å². The summed E-state index contributed by atoms with van der Waals surface area (Å²) in [6.07, 6.45) is 4.00. The molecule has 0 radical (unpaired) electrons. The second kappa shape index (κ2) is 8.48. The Hall–Kier alpha value is -0.610. The van der Waals surface area contributed by atoms with Crippen molar-refractivity contribution in [3.8, 4) is 0 Å². The third-order valence-electron chi connectivity index (χ3n) is 3.56. The van der Waals surface area contributed by atoms with Gasteiger partial charge < -0.3 is 15.5 Å². The lowest BCUT2D eigenvalue weighted by Crippen LogP contribution is -2.37. The SMILES string of the molecule is CC(C)NCCCC(=O)NCC1CCN(C)CC1. The molecule has 18 heavy (non-hydrogen) atoms. The minimum atomic E-state index is 0.208. The van der Waals surface area contributed by atoms with Gasteiger partial charge in [0.05, 0.1) is 0 Å². The third kappa shape index (κ3) is 6.97. The van der Waals surface area contributed by atoms with Gasteiger partial charge in [-0.1, -0.05) is 13.8 Å². The van der Waals surface area contributed by atoms with Gasteiger partial charge in [0.1, 0.15) is 0 Å². The smallest absolute Gasteiger partial charge is 0.220 e. The van der Waals surface area contributed by atoms with Gasteiger partial charge in [-0.3, -0.25) is 4.79 Å². The average Bonchev–Trinajstić information content (AvgIpc) is 2.34. The van der Waals surface area contributed by atoms with Crippen LogP contribution in [0.5, 0.6) is 0 Å². The molecule has 0 unspecified atom stereocenters. The molecule has 0 saturated carbocycles. The first-order chi connectivity index (χ1) is 8.58. The summed E-state index contributed by atoms with van der Waals surface area (Å²) in [5, 5.41) is 6.40. The summed E-state index contributed by atoms with van der Waals surface area (Å²) in [6.45, 7) is 8.38. The number of nitrogens with zero attached hydrogens (tertiary/aromatic N) is 1. The van der Waals surface area contributed by atoms with Crippen molar-refractivity contribution in [3.63, 3.8) is 0 Å². The fraction of sp³-hybridized carbons (Fsp3) is 0.929. The molecule has 1 aliphatic heterocycles. The van der Waals surface area contributed by atoms with Crippen LogP contribution in [-0.2, 0) is 4.79 Å². The quantitative estimate of drug-likeness (QED) is 0.672. The van der Waals surface area contributed by atoms with Gasteiger partial charge in [-0.05, 0) is 51.9 Å². The number of likely N-dealkylation sites (tertiary alicyclic amines) is 1. The van der Waals surface area contributed by atoms with E-state index in [1.54, 1.807) is 0 Å². The minimum absolute atomic E-state index is 0.208. The van der Waals surface area contributed by atoms with Crippen LogP contribution in [0.25, 0.3) is 0 Å². The van der Waals surface area contributed by atoms with Crippen LogP contribution in [0.3, 0.4) is 0 Å². The van der Waals surface area contributed by atoms with E-state index in [2.05, 4.69) is 36.4 Å². The van der Waals surface area contributed by atoms with Gasteiger partial charge in [0, 0.05) is 19.0 Å². The lowest BCUT2D eigenvalue weighted by molar-refractivity contribution is -0.121. The standard InChI is InChI=1S/C14H29N3O/c1-12(2)15-8-4-5-14(18)16-11-13-6-9-17(3)10-7-13/h12-13,15H,4-11H2,1-3H3,(H,16,18). The van der Waals surface area contributed by atoms with Crippen LogP contribution < -0.4 is 10.6 Å². The van der Waals surface area contributed by atoms with Gasteiger partial charge >= 0.3 is 0 Å². The molecule has 106 valence electrons. The molecule has 1 heterocycles. The molecule has 0 aromatic carbocycles. The first kappa shape index (κ1) is 15.4. The number of rotatable bonds is 7. The van der Waals surface area contributed by atoms with Gasteiger partial charge in [-0.15, -0.1) is 0 Å². The highest BCUT2D eigenvalue weighted by Crippen LogP contribution is 2.14. The predicted octanol–water partition coefficient (Wildman–Crippen LogP) is 1.22. The lowest BCUT2D eigenvalue weighted by atomic mass is 9.97. The zero-order valence-corrected chi connectivity index (χ0v) is 12.2. The second-order valence-electron chi connectivity index (χ2n) is 5.76. The van der Waals surface area contributed by atoms with E-state index in [-0.39, 0.29) is 5.91 Å². The van der Waals surface area contributed by atoms with Crippen molar-refractivity contribution in [2.45, 2.75) is 45.6 Å². The molecule has 1 saturated heterocycles. The van der Waals surface area contributed by atoms with Gasteiger partial charge in [0.15, 0.2) is 0 Å². The monoisotopic (exact) mass is 255 g/mol. The molecule has 4 heteroatoms. The fourth-order valence-electron chi connectivity index (χ4n) is 2.25. The molecule has 4 nitrogen and oxygen atoms in total. The molecule has 2 N–H and O–H groups in total. The second-order valence-corrected chi connectivity index (χ2v) is 5.76. The molecule has 1 fully saturated rings. The molecule has 1 rings (SSSR count). The number of hydrogen-bond acceptors (Lipinski definition) is 3. The van der Waals surface area contributed by atoms with Gasteiger partial charge in [-0.25, -0.2) is 0 Å². The Bertz CT molecular complexity index is 235. The first-order valence-electron chi connectivity index (χ1n) is 7.26. The van der Waals surface area contributed by atoms with Gasteiger partial charge in [-0.2, -0.15) is 0 Å². The van der Waals surface area contributed by atoms with Crippen molar-refractivity contribution in [2.24, 2.45) is 5.92 Å². The van der Waals surface area contributed by atoms with Crippen LogP contribution in [-0.4, -0.2) is 50.1 Å². The topological polar surface area (TPSA) is 44.4 Å². The van der Waals surface area contributed by atoms with E-state index in [1.165, 1.54) is 25.9 Å². The van der Waals surface area contributed by atoms with Crippen molar-refractivity contribution >= 4 is 5.91 Å². The largest absolute Gasteiger partial charge is 0.356 e. The van der Waals surface area contributed by atoms with Crippen molar-refractivity contribution in [2.75, 3.05) is 33.2 Å². The van der Waals surface area contributed by atoms with E-state index < -0.39 is 0 Å². The summed E-state index contributed by atoms with van der Waals surface area (Å²) in [6, 6.07) is 0.507. The Morgan fingerprint density at radius 1 is 1.33 bits per heavy atom. The van der Waals surface area contributed by atoms with E-state index in [0.29, 0.717) is 18.4 Å². The van der Waals surface area contributed by atoms with Crippen LogP contribution in [0.4, 0.5) is 0 Å². The molecule has 0 bridgehead atoms. The molecular formula is C14H29N3O. The predicted molar refractivity (Wildman–Crippen MR) is 75.6 cm³/mol. The van der Waals surface area contributed by atoms with Crippen molar-refractivity contribution < 1.29 is 4.79 Å². The highest BCUT2D eigenvalue weighted by molar-refractivity contribution is 5.75. The maximum atomic E-state index is 11.6. The summed E-state index contributed by atoms with van der Waals surface area (Å²) in [7, 11) is 2.16. The molecule has 0 aromatic rings. The molecule has 0 aromatic heterocycles. The minimum Gasteiger partial charge on any atom is -0.356 e. The fourth-order valence-corrected chi connectivity index (χ4v) is 2.25. The average molecular weight is 255 g/mol. The zero-order valence-electron chi connectivity index (χ0n) is 12.2. The Morgan fingerprint density at radius 3 is 2.61 bits per heavy atom. The maximum Gasteiger partial charge on any atom is 0.220 e. The van der Waals surface area contributed by atoms with Crippen LogP contribution in [0.15, 0.2) is 0 Å². The summed E-state index contributed by atoms with van der Waals surface area (Å²) < 4.78 is 0. The van der Waals surface area contributed by atoms with Crippen LogP contribution in [0.2, 0.25) is 0 Å². The first-order valence-corrected chi connectivity index (χ1v) is 7.26. The number of carbonyl (C=O) groups is 1. The molecule has 1 aliphatic rings. The molecule has 0 spiro atoms. The van der Waals surface area contributed by atoms with Gasteiger partial charge in [0.25, 0.3) is 0 Å². The maximum absolute atomic E-state index is 11.6. The number of amides is 1. The third-order valence-corrected chi connectivity index (χ3v) is 3.56. The van der Waals surface area contributed by atoms with Gasteiger partial charge in [0.2, 0.25) is 5.91 Å². The Labute approximate surface area is 111 Å². The highest BCUT2D eigenvalue weighted by atomic mass is 16.1. The van der Waals surface area contributed by atoms with E-state index in [4.69, 9.17) is 0 Å². The molecular weight excluding hydrogens is 226 g/mol. The molecule has 0 aliphatic carbocycles.